The molecule has 2 aromatic rings. The molecule has 0 saturated carbocycles. The van der Waals surface area contributed by atoms with Gasteiger partial charge in [0.1, 0.15) is 18.1 Å². The molecule has 1 aliphatic heterocycles. The maximum absolute atomic E-state index is 12.9. The zero-order valence-corrected chi connectivity index (χ0v) is 18.4. The number of aliphatic carboxylic acids is 1. The molecule has 176 valence electrons. The Kier molecular flexibility index (Phi) is 6.34. The van der Waals surface area contributed by atoms with Crippen LogP contribution >= 0.6 is 0 Å². The number of aromatic nitrogens is 1. The van der Waals surface area contributed by atoms with Crippen LogP contribution in [0.25, 0.3) is 5.57 Å². The molecule has 0 bridgehead atoms. The van der Waals surface area contributed by atoms with Crippen LogP contribution in [-0.2, 0) is 24.0 Å². The zero-order valence-electron chi connectivity index (χ0n) is 18.4. The minimum absolute atomic E-state index is 0.0346. The molecule has 9 heteroatoms. The number of rotatable bonds is 7. The minimum Gasteiger partial charge on any atom is -0.489 e. The van der Waals surface area contributed by atoms with Crippen molar-refractivity contribution >= 4 is 11.5 Å². The largest absolute Gasteiger partial charge is 0.489 e. The van der Waals surface area contributed by atoms with E-state index in [1.165, 1.54) is 24.3 Å². The highest BCUT2D eigenvalue weighted by Gasteiger charge is 2.34. The fraction of sp³-hybridized carbons (Fsp3) is 0.417. The number of pyridine rings is 1. The third-order valence-electron chi connectivity index (χ3n) is 6.25. The topological polar surface area (TPSA) is 71.9 Å². The normalized spacial score (nSPS) is 16.9. The lowest BCUT2D eigenvalue weighted by Crippen LogP contribution is -2.50. The number of carboxylic acid groups (broad SMARTS) is 1. The van der Waals surface area contributed by atoms with Crippen LogP contribution in [0.4, 0.5) is 13.2 Å². The second kappa shape index (κ2) is 9.05. The van der Waals surface area contributed by atoms with Crippen LogP contribution in [0.1, 0.15) is 35.7 Å². The zero-order chi connectivity index (χ0) is 23.8. The van der Waals surface area contributed by atoms with E-state index in [0.29, 0.717) is 24.4 Å². The van der Waals surface area contributed by atoms with Crippen molar-refractivity contribution in [3.05, 3.63) is 58.3 Å². The van der Waals surface area contributed by atoms with Gasteiger partial charge in [0.15, 0.2) is 0 Å². The molecule has 33 heavy (non-hydrogen) atoms. The van der Waals surface area contributed by atoms with Gasteiger partial charge in [-0.3, -0.25) is 9.69 Å². The van der Waals surface area contributed by atoms with Crippen LogP contribution in [0.15, 0.2) is 35.9 Å². The molecule has 2 aliphatic rings. The molecule has 0 radical (unpaired) electrons. The molecule has 0 atom stereocenters. The van der Waals surface area contributed by atoms with Gasteiger partial charge in [-0.2, -0.15) is 13.2 Å². The molecule has 1 aromatic heterocycles. The van der Waals surface area contributed by atoms with E-state index in [1.54, 1.807) is 0 Å². The Balaban J connectivity index is 1.42. The molecule has 0 amide bonds. The summed E-state index contributed by atoms with van der Waals surface area (Å²) in [5.41, 5.74) is 4.24. The van der Waals surface area contributed by atoms with Gasteiger partial charge in [0, 0.05) is 19.6 Å². The van der Waals surface area contributed by atoms with Crippen molar-refractivity contribution in [3.63, 3.8) is 0 Å². The van der Waals surface area contributed by atoms with Gasteiger partial charge in [0.2, 0.25) is 5.88 Å². The van der Waals surface area contributed by atoms with Crippen molar-refractivity contribution in [1.29, 1.82) is 0 Å². The number of halogens is 3. The van der Waals surface area contributed by atoms with Gasteiger partial charge in [-0.15, -0.1) is 0 Å². The van der Waals surface area contributed by atoms with Crippen molar-refractivity contribution in [2.75, 3.05) is 26.7 Å². The van der Waals surface area contributed by atoms with Crippen LogP contribution < -0.4 is 9.47 Å². The maximum Gasteiger partial charge on any atom is 0.433 e. The van der Waals surface area contributed by atoms with Gasteiger partial charge >= 0.3 is 12.1 Å². The van der Waals surface area contributed by atoms with E-state index < -0.39 is 17.8 Å². The number of carboxylic acids is 1. The first-order valence-electron chi connectivity index (χ1n) is 10.7. The van der Waals surface area contributed by atoms with Gasteiger partial charge < -0.3 is 14.6 Å². The van der Waals surface area contributed by atoms with Crippen molar-refractivity contribution in [2.24, 2.45) is 5.92 Å². The van der Waals surface area contributed by atoms with Crippen LogP contribution in [0, 0.1) is 5.92 Å². The van der Waals surface area contributed by atoms with E-state index >= 15 is 0 Å². The number of likely N-dealkylation sites (tertiary alicyclic amines) is 1. The Hall–Kier alpha value is -3.07. The Bertz CT molecular complexity index is 1090. The highest BCUT2D eigenvalue weighted by Crippen LogP contribution is 2.35. The number of allylic oxidation sites excluding steroid dienone is 1. The van der Waals surface area contributed by atoms with E-state index in [9.17, 15) is 18.0 Å². The molecule has 1 saturated heterocycles. The summed E-state index contributed by atoms with van der Waals surface area (Å²) in [6.45, 7) is 4.09. The van der Waals surface area contributed by atoms with E-state index in [4.69, 9.17) is 14.6 Å². The molecule has 6 nitrogen and oxygen atoms in total. The average Bonchev–Trinajstić information content (AvgIpc) is 2.74. The fourth-order valence-electron chi connectivity index (χ4n) is 4.29. The summed E-state index contributed by atoms with van der Waals surface area (Å²) in [5.74, 6) is -0.482. The summed E-state index contributed by atoms with van der Waals surface area (Å²) in [5, 5.41) is 9.05. The summed E-state index contributed by atoms with van der Waals surface area (Å²) < 4.78 is 49.5. The van der Waals surface area contributed by atoms with Crippen LogP contribution in [0.3, 0.4) is 0 Å². The molecule has 0 spiro atoms. The SMILES string of the molecule is COc1nc(C(F)(F)F)ccc1COc1ccc2c(c1)CCC(CN1CC(C(=O)O)C1)=C2C. The number of benzene rings is 1. The van der Waals surface area contributed by atoms with Crippen molar-refractivity contribution in [1.82, 2.24) is 9.88 Å². The third-order valence-corrected chi connectivity index (χ3v) is 6.25. The number of ether oxygens (including phenoxy) is 2. The summed E-state index contributed by atoms with van der Waals surface area (Å²) in [6.07, 6.45) is -2.79. The van der Waals surface area contributed by atoms with Crippen molar-refractivity contribution in [2.45, 2.75) is 32.5 Å². The molecular weight excluding hydrogens is 437 g/mol. The van der Waals surface area contributed by atoms with Crippen molar-refractivity contribution in [3.8, 4) is 11.6 Å². The van der Waals surface area contributed by atoms with E-state index in [-0.39, 0.29) is 18.4 Å². The predicted octanol–water partition coefficient (Wildman–Crippen LogP) is 4.42. The lowest BCUT2D eigenvalue weighted by atomic mass is 9.85. The molecule has 1 aromatic carbocycles. The molecule has 0 unspecified atom stereocenters. The van der Waals surface area contributed by atoms with E-state index in [0.717, 1.165) is 36.6 Å². The predicted molar refractivity (Wildman–Crippen MR) is 115 cm³/mol. The third kappa shape index (κ3) is 4.98. The average molecular weight is 462 g/mol. The molecule has 2 heterocycles. The smallest absolute Gasteiger partial charge is 0.433 e. The number of fused-ring (bicyclic) bond motifs is 1. The van der Waals surface area contributed by atoms with Gasteiger partial charge in [-0.25, -0.2) is 4.98 Å². The van der Waals surface area contributed by atoms with E-state index in [2.05, 4.69) is 16.8 Å². The Morgan fingerprint density at radius 2 is 1.97 bits per heavy atom. The molecule has 1 N–H and O–H groups in total. The number of hydrogen-bond donors (Lipinski definition) is 1. The first kappa shape index (κ1) is 23.1. The van der Waals surface area contributed by atoms with Gasteiger partial charge in [-0.1, -0.05) is 11.6 Å². The second-order valence-corrected chi connectivity index (χ2v) is 8.43. The highest BCUT2D eigenvalue weighted by molar-refractivity contribution is 5.73. The summed E-state index contributed by atoms with van der Waals surface area (Å²) in [6, 6.07) is 8.04. The first-order chi connectivity index (χ1) is 15.7. The number of nitrogens with zero attached hydrogens (tertiary/aromatic N) is 2. The van der Waals surface area contributed by atoms with Crippen molar-refractivity contribution < 1.29 is 32.5 Å². The molecule has 1 aliphatic carbocycles. The van der Waals surface area contributed by atoms with E-state index in [1.807, 2.05) is 18.2 Å². The number of alkyl halides is 3. The molecular formula is C24H25F3N2O4. The number of methoxy groups -OCH3 is 1. The van der Waals surface area contributed by atoms with Crippen LogP contribution in [0.2, 0.25) is 0 Å². The quantitative estimate of drug-likeness (QED) is 0.657. The van der Waals surface area contributed by atoms with Gasteiger partial charge in [0.05, 0.1) is 18.6 Å². The lowest BCUT2D eigenvalue weighted by molar-refractivity contribution is -0.147. The number of aryl methyl sites for hydroxylation is 1. The molecule has 1 fully saturated rings. The Morgan fingerprint density at radius 3 is 2.64 bits per heavy atom. The standard InChI is InChI=1S/C24H25F3N2O4/c1-14-16(10-29-11-18(12-29)23(30)31)4-3-15-9-19(6-7-20(14)15)33-13-17-5-8-21(24(25,26)27)28-22(17)32-2/h5-9,18H,3-4,10-13H2,1-2H3,(H,30,31). The van der Waals surface area contributed by atoms with Crippen LogP contribution in [0.5, 0.6) is 11.6 Å². The number of hydrogen-bond acceptors (Lipinski definition) is 5. The maximum atomic E-state index is 12.9. The Labute approximate surface area is 189 Å². The summed E-state index contributed by atoms with van der Waals surface area (Å²) >= 11 is 0. The number of carbonyl (C=O) groups is 1. The first-order valence-corrected chi connectivity index (χ1v) is 10.7. The lowest BCUT2D eigenvalue weighted by Gasteiger charge is -2.38. The Morgan fingerprint density at radius 1 is 1.21 bits per heavy atom. The van der Waals surface area contributed by atoms with Crippen LogP contribution in [-0.4, -0.2) is 47.7 Å². The minimum atomic E-state index is -4.54. The molecule has 4 rings (SSSR count). The summed E-state index contributed by atoms with van der Waals surface area (Å²) in [7, 11) is 1.28. The highest BCUT2D eigenvalue weighted by atomic mass is 19.4. The van der Waals surface area contributed by atoms with Gasteiger partial charge in [-0.05, 0) is 60.7 Å². The fourth-order valence-corrected chi connectivity index (χ4v) is 4.29. The second-order valence-electron chi connectivity index (χ2n) is 8.43. The van der Waals surface area contributed by atoms with Gasteiger partial charge in [0.25, 0.3) is 0 Å². The summed E-state index contributed by atoms with van der Waals surface area (Å²) in [4.78, 5) is 16.7. The monoisotopic (exact) mass is 462 g/mol.